The molecule has 0 spiro atoms. The Balaban J connectivity index is 1.64. The number of carbonyl (C=O) groups is 2. The summed E-state index contributed by atoms with van der Waals surface area (Å²) in [7, 11) is 0. The van der Waals surface area contributed by atoms with Gasteiger partial charge in [0.2, 0.25) is 5.91 Å². The van der Waals surface area contributed by atoms with Crippen LogP contribution in [0.25, 0.3) is 11.0 Å². The van der Waals surface area contributed by atoms with E-state index in [-0.39, 0.29) is 16.9 Å². The zero-order valence-corrected chi connectivity index (χ0v) is 12.7. The topological polar surface area (TPSA) is 66.1 Å². The SMILES string of the molecule is CC(=O)SCC1CC(=O)N(Cc2ccc3nc[nH]c3c2)C1. The molecule has 21 heavy (non-hydrogen) atoms. The van der Waals surface area contributed by atoms with Gasteiger partial charge in [-0.15, -0.1) is 0 Å². The van der Waals surface area contributed by atoms with Crippen molar-refractivity contribution in [3.8, 4) is 0 Å². The molecule has 1 aliphatic heterocycles. The molecule has 3 rings (SSSR count). The first-order valence-corrected chi connectivity index (χ1v) is 7.93. The van der Waals surface area contributed by atoms with E-state index in [1.807, 2.05) is 23.1 Å². The van der Waals surface area contributed by atoms with Crippen LogP contribution in [-0.2, 0) is 16.1 Å². The number of hydrogen-bond donors (Lipinski definition) is 1. The number of imidazole rings is 1. The molecule has 1 aromatic carbocycles. The molecular weight excluding hydrogens is 286 g/mol. The van der Waals surface area contributed by atoms with E-state index < -0.39 is 0 Å². The molecule has 5 nitrogen and oxygen atoms in total. The van der Waals surface area contributed by atoms with Crippen LogP contribution in [0, 0.1) is 5.92 Å². The fourth-order valence-electron chi connectivity index (χ4n) is 2.66. The van der Waals surface area contributed by atoms with E-state index in [1.54, 1.807) is 13.3 Å². The van der Waals surface area contributed by atoms with Gasteiger partial charge in [-0.05, 0) is 23.6 Å². The van der Waals surface area contributed by atoms with Crippen LogP contribution in [0.4, 0.5) is 0 Å². The Morgan fingerprint density at radius 3 is 3.19 bits per heavy atom. The number of aromatic amines is 1. The highest BCUT2D eigenvalue weighted by molar-refractivity contribution is 8.13. The second-order valence-corrected chi connectivity index (χ2v) is 6.60. The normalized spacial score (nSPS) is 18.6. The third-order valence-electron chi connectivity index (χ3n) is 3.67. The van der Waals surface area contributed by atoms with E-state index in [1.165, 1.54) is 11.8 Å². The van der Waals surface area contributed by atoms with Crippen LogP contribution in [0.5, 0.6) is 0 Å². The predicted octanol–water partition coefficient (Wildman–Crippen LogP) is 2.19. The third kappa shape index (κ3) is 3.26. The van der Waals surface area contributed by atoms with Crippen molar-refractivity contribution >= 4 is 33.8 Å². The average molecular weight is 303 g/mol. The van der Waals surface area contributed by atoms with Gasteiger partial charge in [0.1, 0.15) is 0 Å². The van der Waals surface area contributed by atoms with Crippen molar-refractivity contribution in [3.63, 3.8) is 0 Å². The number of aromatic nitrogens is 2. The first-order chi connectivity index (χ1) is 10.1. The molecule has 1 N–H and O–H groups in total. The number of rotatable bonds is 4. The number of H-pyrrole nitrogens is 1. The fourth-order valence-corrected chi connectivity index (χ4v) is 3.35. The Morgan fingerprint density at radius 1 is 1.52 bits per heavy atom. The van der Waals surface area contributed by atoms with Crippen molar-refractivity contribution in [1.29, 1.82) is 0 Å². The van der Waals surface area contributed by atoms with Gasteiger partial charge in [-0.1, -0.05) is 17.8 Å². The maximum Gasteiger partial charge on any atom is 0.223 e. The minimum absolute atomic E-state index is 0.116. The van der Waals surface area contributed by atoms with Gasteiger partial charge in [-0.25, -0.2) is 4.98 Å². The average Bonchev–Trinajstić information content (AvgIpc) is 3.03. The summed E-state index contributed by atoms with van der Waals surface area (Å²) in [4.78, 5) is 32.2. The molecule has 6 heteroatoms. The van der Waals surface area contributed by atoms with Crippen molar-refractivity contribution in [2.45, 2.75) is 19.9 Å². The lowest BCUT2D eigenvalue weighted by atomic mass is 10.1. The second-order valence-electron chi connectivity index (χ2n) is 5.40. The smallest absolute Gasteiger partial charge is 0.223 e. The Kier molecular flexibility index (Phi) is 3.96. The van der Waals surface area contributed by atoms with Crippen LogP contribution < -0.4 is 0 Å². The molecule has 110 valence electrons. The highest BCUT2D eigenvalue weighted by Gasteiger charge is 2.29. The first-order valence-electron chi connectivity index (χ1n) is 6.95. The minimum Gasteiger partial charge on any atom is -0.345 e. The standard InChI is InChI=1S/C15H17N3O2S/c1-10(19)21-8-12-5-15(20)18(7-12)6-11-2-3-13-14(4-11)17-9-16-13/h2-4,9,12H,5-8H2,1H3,(H,16,17). The number of thioether (sulfide) groups is 1. The molecule has 0 aliphatic carbocycles. The quantitative estimate of drug-likeness (QED) is 0.940. The lowest BCUT2D eigenvalue weighted by Crippen LogP contribution is -2.24. The predicted molar refractivity (Wildman–Crippen MR) is 82.8 cm³/mol. The molecule has 0 bridgehead atoms. The van der Waals surface area contributed by atoms with Gasteiger partial charge in [0, 0.05) is 32.2 Å². The summed E-state index contributed by atoms with van der Waals surface area (Å²) in [5.74, 6) is 1.19. The highest BCUT2D eigenvalue weighted by Crippen LogP contribution is 2.24. The molecule has 1 aromatic heterocycles. The molecule has 1 atom stereocenters. The fraction of sp³-hybridized carbons (Fsp3) is 0.400. The summed E-state index contributed by atoms with van der Waals surface area (Å²) in [6.45, 7) is 2.92. The number of hydrogen-bond acceptors (Lipinski definition) is 4. The number of nitrogens with zero attached hydrogens (tertiary/aromatic N) is 2. The second kappa shape index (κ2) is 5.89. The van der Waals surface area contributed by atoms with E-state index in [4.69, 9.17) is 0 Å². The van der Waals surface area contributed by atoms with Crippen LogP contribution in [0.15, 0.2) is 24.5 Å². The largest absolute Gasteiger partial charge is 0.345 e. The summed E-state index contributed by atoms with van der Waals surface area (Å²) in [5.41, 5.74) is 3.02. The van der Waals surface area contributed by atoms with Crippen LogP contribution in [-0.4, -0.2) is 38.2 Å². The summed E-state index contributed by atoms with van der Waals surface area (Å²) in [5, 5.41) is 0.116. The van der Waals surface area contributed by atoms with Crippen LogP contribution in [0.2, 0.25) is 0 Å². The van der Waals surface area contributed by atoms with Crippen molar-refractivity contribution in [2.24, 2.45) is 5.92 Å². The summed E-state index contributed by atoms with van der Waals surface area (Å²) >= 11 is 1.31. The van der Waals surface area contributed by atoms with E-state index in [2.05, 4.69) is 9.97 Å². The van der Waals surface area contributed by atoms with E-state index in [0.29, 0.717) is 13.0 Å². The molecule has 1 saturated heterocycles. The highest BCUT2D eigenvalue weighted by atomic mass is 32.2. The lowest BCUT2D eigenvalue weighted by Gasteiger charge is -2.16. The van der Waals surface area contributed by atoms with Gasteiger partial charge in [0.25, 0.3) is 0 Å². The molecule has 1 aliphatic rings. The molecule has 1 unspecified atom stereocenters. The molecular formula is C15H17N3O2S. The van der Waals surface area contributed by atoms with Gasteiger partial charge in [-0.3, -0.25) is 9.59 Å². The van der Waals surface area contributed by atoms with Crippen molar-refractivity contribution in [2.75, 3.05) is 12.3 Å². The monoisotopic (exact) mass is 303 g/mol. The Bertz CT molecular complexity index is 682. The van der Waals surface area contributed by atoms with Crippen molar-refractivity contribution < 1.29 is 9.59 Å². The number of likely N-dealkylation sites (tertiary alicyclic amines) is 1. The molecule has 1 amide bonds. The lowest BCUT2D eigenvalue weighted by molar-refractivity contribution is -0.128. The molecule has 0 saturated carbocycles. The van der Waals surface area contributed by atoms with Crippen LogP contribution in [0.3, 0.4) is 0 Å². The summed E-state index contributed by atoms with van der Waals surface area (Å²) < 4.78 is 0. The number of benzene rings is 1. The van der Waals surface area contributed by atoms with Gasteiger partial charge < -0.3 is 9.88 Å². The molecule has 1 fully saturated rings. The van der Waals surface area contributed by atoms with Gasteiger partial charge in [-0.2, -0.15) is 0 Å². The molecule has 0 radical (unpaired) electrons. The van der Waals surface area contributed by atoms with Crippen molar-refractivity contribution in [3.05, 3.63) is 30.1 Å². The Morgan fingerprint density at radius 2 is 2.38 bits per heavy atom. The van der Waals surface area contributed by atoms with E-state index in [9.17, 15) is 9.59 Å². The summed E-state index contributed by atoms with van der Waals surface area (Å²) in [6, 6.07) is 6.01. The minimum atomic E-state index is 0.116. The molecule has 2 aromatic rings. The van der Waals surface area contributed by atoms with E-state index in [0.717, 1.165) is 28.9 Å². The number of amides is 1. The Labute approximate surface area is 127 Å². The maximum absolute atomic E-state index is 12.1. The number of fused-ring (bicyclic) bond motifs is 1. The Hall–Kier alpha value is -1.82. The van der Waals surface area contributed by atoms with Crippen LogP contribution in [0.1, 0.15) is 18.9 Å². The van der Waals surface area contributed by atoms with Gasteiger partial charge >= 0.3 is 0 Å². The number of carbonyl (C=O) groups excluding carboxylic acids is 2. The molecule has 2 heterocycles. The zero-order valence-electron chi connectivity index (χ0n) is 11.8. The first kappa shape index (κ1) is 14.1. The van der Waals surface area contributed by atoms with E-state index >= 15 is 0 Å². The van der Waals surface area contributed by atoms with Gasteiger partial charge in [0.15, 0.2) is 5.12 Å². The maximum atomic E-state index is 12.1. The zero-order chi connectivity index (χ0) is 14.8. The number of nitrogens with one attached hydrogen (secondary N) is 1. The third-order valence-corrected chi connectivity index (χ3v) is 4.72. The summed E-state index contributed by atoms with van der Waals surface area (Å²) in [6.07, 6.45) is 2.22. The van der Waals surface area contributed by atoms with Crippen molar-refractivity contribution in [1.82, 2.24) is 14.9 Å². The van der Waals surface area contributed by atoms with Gasteiger partial charge in [0.05, 0.1) is 17.4 Å². The van der Waals surface area contributed by atoms with Crippen LogP contribution >= 0.6 is 11.8 Å².